The summed E-state index contributed by atoms with van der Waals surface area (Å²) in [5.41, 5.74) is -0.599. The molecule has 0 saturated carbocycles. The van der Waals surface area contributed by atoms with Crippen molar-refractivity contribution in [2.45, 2.75) is 26.4 Å². The lowest BCUT2D eigenvalue weighted by atomic mass is 10.2. The predicted molar refractivity (Wildman–Crippen MR) is 39.3 cm³/mol. The van der Waals surface area contributed by atoms with Crippen LogP contribution in [0, 0.1) is 0 Å². The monoisotopic (exact) mass is 176 g/mol. The normalized spacial score (nSPS) is 10.2. The van der Waals surface area contributed by atoms with Crippen molar-refractivity contribution in [3.8, 4) is 0 Å². The van der Waals surface area contributed by atoms with Crippen molar-refractivity contribution in [2.75, 3.05) is 6.79 Å². The highest BCUT2D eigenvalue weighted by Crippen LogP contribution is 2.07. The van der Waals surface area contributed by atoms with E-state index < -0.39 is 18.5 Å². The maximum atomic E-state index is 10.7. The van der Waals surface area contributed by atoms with E-state index in [1.807, 2.05) is 0 Å². The molecule has 0 unspecified atom stereocenters. The fraction of sp³-hybridized carbons (Fsp3) is 0.714. The van der Waals surface area contributed by atoms with Crippen LogP contribution in [0.4, 0.5) is 4.79 Å². The molecule has 0 aliphatic heterocycles. The molecule has 0 spiro atoms. The summed E-state index contributed by atoms with van der Waals surface area (Å²) in [5.74, 6) is 0. The van der Waals surface area contributed by atoms with E-state index in [-0.39, 0.29) is 6.47 Å². The van der Waals surface area contributed by atoms with Crippen molar-refractivity contribution in [3.05, 3.63) is 0 Å². The van der Waals surface area contributed by atoms with Gasteiger partial charge >= 0.3 is 6.16 Å². The predicted octanol–water partition coefficient (Wildman–Crippen LogP) is 1.07. The molecule has 0 amide bonds. The molecule has 0 heterocycles. The highest BCUT2D eigenvalue weighted by atomic mass is 16.8. The number of hydrogen-bond donors (Lipinski definition) is 0. The lowest BCUT2D eigenvalue weighted by Crippen LogP contribution is -2.24. The van der Waals surface area contributed by atoms with Crippen LogP contribution < -0.4 is 0 Å². The van der Waals surface area contributed by atoms with Gasteiger partial charge in [-0.05, 0) is 20.8 Å². The summed E-state index contributed by atoms with van der Waals surface area (Å²) in [6, 6.07) is 0. The van der Waals surface area contributed by atoms with Gasteiger partial charge in [-0.3, -0.25) is 4.79 Å². The maximum Gasteiger partial charge on any atom is 0.511 e. The molecule has 5 heteroatoms. The van der Waals surface area contributed by atoms with Crippen LogP contribution in [0.1, 0.15) is 20.8 Å². The van der Waals surface area contributed by atoms with Crippen molar-refractivity contribution in [2.24, 2.45) is 0 Å². The molecule has 0 aromatic carbocycles. The fourth-order valence-electron chi connectivity index (χ4n) is 0.389. The zero-order valence-electron chi connectivity index (χ0n) is 7.33. The van der Waals surface area contributed by atoms with Crippen molar-refractivity contribution >= 4 is 12.6 Å². The first-order valence-electron chi connectivity index (χ1n) is 3.37. The zero-order valence-corrected chi connectivity index (χ0v) is 7.33. The molecule has 0 fully saturated rings. The van der Waals surface area contributed by atoms with Crippen LogP contribution in [0.25, 0.3) is 0 Å². The van der Waals surface area contributed by atoms with Crippen molar-refractivity contribution in [1.29, 1.82) is 0 Å². The summed E-state index contributed by atoms with van der Waals surface area (Å²) in [7, 11) is 0. The number of ether oxygens (including phenoxy) is 3. The van der Waals surface area contributed by atoms with Gasteiger partial charge in [-0.15, -0.1) is 0 Å². The van der Waals surface area contributed by atoms with E-state index in [4.69, 9.17) is 4.74 Å². The Balaban J connectivity index is 3.53. The topological polar surface area (TPSA) is 61.8 Å². The van der Waals surface area contributed by atoms with Gasteiger partial charge in [0.1, 0.15) is 5.60 Å². The van der Waals surface area contributed by atoms with Gasteiger partial charge in [0.25, 0.3) is 6.47 Å². The molecule has 0 atom stereocenters. The van der Waals surface area contributed by atoms with Gasteiger partial charge in [0.2, 0.25) is 6.79 Å². The zero-order chi connectivity index (χ0) is 9.61. The summed E-state index contributed by atoms with van der Waals surface area (Å²) in [6.45, 7) is 4.88. The molecule has 0 aromatic rings. The van der Waals surface area contributed by atoms with E-state index in [0.717, 1.165) is 0 Å². The standard InChI is InChI=1S/C7H12O5/c1-7(2,3)12-6(9)11-5-10-4-8/h4H,5H2,1-3H3. The van der Waals surface area contributed by atoms with E-state index in [0.29, 0.717) is 0 Å². The second-order valence-corrected chi connectivity index (χ2v) is 2.99. The van der Waals surface area contributed by atoms with Crippen LogP contribution >= 0.6 is 0 Å². The second-order valence-electron chi connectivity index (χ2n) is 2.99. The third kappa shape index (κ3) is 6.85. The smallest absolute Gasteiger partial charge is 0.430 e. The van der Waals surface area contributed by atoms with Crippen LogP contribution in [-0.4, -0.2) is 25.0 Å². The molecule has 0 aromatic heterocycles. The third-order valence-electron chi connectivity index (χ3n) is 0.702. The highest BCUT2D eigenvalue weighted by molar-refractivity contribution is 5.60. The fourth-order valence-corrected chi connectivity index (χ4v) is 0.389. The molecule has 12 heavy (non-hydrogen) atoms. The van der Waals surface area contributed by atoms with E-state index in [2.05, 4.69) is 9.47 Å². The molecule has 0 aliphatic rings. The molecule has 0 rings (SSSR count). The Labute approximate surface area is 70.6 Å². The minimum atomic E-state index is -0.857. The molecule has 0 bridgehead atoms. The molecule has 5 nitrogen and oxygen atoms in total. The Kier molecular flexibility index (Phi) is 4.10. The van der Waals surface area contributed by atoms with Crippen molar-refractivity contribution in [3.63, 3.8) is 0 Å². The maximum absolute atomic E-state index is 10.7. The van der Waals surface area contributed by atoms with E-state index in [1.165, 1.54) is 0 Å². The Morgan fingerprint density at radius 3 is 2.42 bits per heavy atom. The highest BCUT2D eigenvalue weighted by Gasteiger charge is 2.16. The summed E-state index contributed by atoms with van der Waals surface area (Å²) >= 11 is 0. The summed E-state index contributed by atoms with van der Waals surface area (Å²) < 4.78 is 13.2. The van der Waals surface area contributed by atoms with Gasteiger partial charge in [-0.2, -0.15) is 0 Å². The first-order chi connectivity index (χ1) is 5.45. The first-order valence-corrected chi connectivity index (χ1v) is 3.37. The minimum Gasteiger partial charge on any atom is -0.430 e. The molecule has 70 valence electrons. The van der Waals surface area contributed by atoms with E-state index >= 15 is 0 Å². The molecule has 0 aliphatic carbocycles. The molecular formula is C7H12O5. The Bertz CT molecular complexity index is 158. The largest absolute Gasteiger partial charge is 0.511 e. The number of rotatable bonds is 3. The Morgan fingerprint density at radius 1 is 1.42 bits per heavy atom. The summed E-state index contributed by atoms with van der Waals surface area (Å²) in [5, 5.41) is 0. The lowest BCUT2D eigenvalue weighted by Gasteiger charge is -2.18. The van der Waals surface area contributed by atoms with Crippen LogP contribution in [0.5, 0.6) is 0 Å². The SMILES string of the molecule is CC(C)(C)OC(=O)OCOC=O. The van der Waals surface area contributed by atoms with Crippen molar-refractivity contribution in [1.82, 2.24) is 0 Å². The van der Waals surface area contributed by atoms with Gasteiger partial charge < -0.3 is 14.2 Å². The average molecular weight is 176 g/mol. The number of carbonyl (C=O) groups is 2. The van der Waals surface area contributed by atoms with E-state index in [9.17, 15) is 9.59 Å². The van der Waals surface area contributed by atoms with Crippen LogP contribution in [-0.2, 0) is 19.0 Å². The van der Waals surface area contributed by atoms with Crippen LogP contribution in [0.2, 0.25) is 0 Å². The number of carbonyl (C=O) groups excluding carboxylic acids is 2. The molecule has 0 saturated heterocycles. The quantitative estimate of drug-likeness (QED) is 0.278. The van der Waals surface area contributed by atoms with Crippen molar-refractivity contribution < 1.29 is 23.8 Å². The molecule has 0 N–H and O–H groups in total. The summed E-state index contributed by atoms with van der Waals surface area (Å²) in [4.78, 5) is 20.3. The lowest BCUT2D eigenvalue weighted by molar-refractivity contribution is -0.138. The average Bonchev–Trinajstić information content (AvgIpc) is 1.84. The minimum absolute atomic E-state index is 0.185. The van der Waals surface area contributed by atoms with Crippen LogP contribution in [0.3, 0.4) is 0 Å². The van der Waals surface area contributed by atoms with Gasteiger partial charge in [0.15, 0.2) is 0 Å². The van der Waals surface area contributed by atoms with Gasteiger partial charge in [0.05, 0.1) is 0 Å². The van der Waals surface area contributed by atoms with Gasteiger partial charge in [-0.1, -0.05) is 0 Å². The van der Waals surface area contributed by atoms with Gasteiger partial charge in [-0.25, -0.2) is 4.79 Å². The third-order valence-corrected chi connectivity index (χ3v) is 0.702. The summed E-state index contributed by atoms with van der Waals surface area (Å²) in [6.07, 6.45) is -0.857. The second kappa shape index (κ2) is 4.58. The van der Waals surface area contributed by atoms with Crippen LogP contribution in [0.15, 0.2) is 0 Å². The van der Waals surface area contributed by atoms with Gasteiger partial charge in [0, 0.05) is 0 Å². The Hall–Kier alpha value is -1.26. The van der Waals surface area contributed by atoms with E-state index in [1.54, 1.807) is 20.8 Å². The molecule has 0 radical (unpaired) electrons. The Morgan fingerprint density at radius 2 is 2.00 bits per heavy atom. The number of hydrogen-bond acceptors (Lipinski definition) is 5. The molecular weight excluding hydrogens is 164 g/mol. The first kappa shape index (κ1) is 10.7.